The summed E-state index contributed by atoms with van der Waals surface area (Å²) in [6.45, 7) is 6.40. The Kier molecular flexibility index (Phi) is 1.35. The van der Waals surface area contributed by atoms with Crippen LogP contribution < -0.4 is 0 Å². The molecule has 1 rings (SSSR count). The van der Waals surface area contributed by atoms with Gasteiger partial charge in [0, 0.05) is 11.6 Å². The highest BCUT2D eigenvalue weighted by atomic mass is 16.3. The second-order valence-electron chi connectivity index (χ2n) is 3.18. The third-order valence-electron chi connectivity index (χ3n) is 1.28. The van der Waals surface area contributed by atoms with Crippen molar-refractivity contribution < 1.29 is 4.42 Å². The predicted molar refractivity (Wildman–Crippen MR) is 36.2 cm³/mol. The summed E-state index contributed by atoms with van der Waals surface area (Å²) in [4.78, 5) is 0. The van der Waals surface area contributed by atoms with Gasteiger partial charge in [0.05, 0.1) is 12.5 Å². The average molecular weight is 123 g/mol. The third-order valence-corrected chi connectivity index (χ3v) is 1.28. The van der Waals surface area contributed by atoms with Crippen molar-refractivity contribution in [2.45, 2.75) is 26.2 Å². The van der Waals surface area contributed by atoms with Gasteiger partial charge in [-0.15, -0.1) is 0 Å². The Balaban J connectivity index is 2.90. The molecule has 0 aromatic carbocycles. The van der Waals surface area contributed by atoms with Gasteiger partial charge in [-0.25, -0.2) is 0 Å². The first-order chi connectivity index (χ1) is 4.11. The average Bonchev–Trinajstić information content (AvgIpc) is 2.08. The van der Waals surface area contributed by atoms with Crippen LogP contribution in [-0.2, 0) is 5.41 Å². The van der Waals surface area contributed by atoms with Gasteiger partial charge in [0.25, 0.3) is 0 Å². The van der Waals surface area contributed by atoms with Crippen molar-refractivity contribution in [2.24, 2.45) is 0 Å². The highest BCUT2D eigenvalue weighted by Crippen LogP contribution is 2.20. The molecule has 1 heterocycles. The van der Waals surface area contributed by atoms with E-state index >= 15 is 0 Å². The zero-order valence-electron chi connectivity index (χ0n) is 6.06. The molecule has 0 amide bonds. The minimum atomic E-state index is 0.174. The number of rotatable bonds is 0. The fourth-order valence-corrected chi connectivity index (χ4v) is 0.627. The van der Waals surface area contributed by atoms with Gasteiger partial charge < -0.3 is 4.42 Å². The normalized spacial score (nSPS) is 11.9. The Morgan fingerprint density at radius 3 is 2.33 bits per heavy atom. The maximum absolute atomic E-state index is 4.89. The van der Waals surface area contributed by atoms with Crippen LogP contribution in [0.15, 0.2) is 16.9 Å². The zero-order chi connectivity index (χ0) is 6.91. The van der Waals surface area contributed by atoms with Crippen LogP contribution in [0.5, 0.6) is 0 Å². The van der Waals surface area contributed by atoms with Crippen molar-refractivity contribution in [3.8, 4) is 0 Å². The molecular formula is C8H11O. The fraction of sp³-hybridized carbons (Fsp3) is 0.500. The molecule has 9 heavy (non-hydrogen) atoms. The van der Waals surface area contributed by atoms with Gasteiger partial charge in [0.1, 0.15) is 0 Å². The van der Waals surface area contributed by atoms with Crippen molar-refractivity contribution in [2.75, 3.05) is 0 Å². The van der Waals surface area contributed by atoms with Crippen LogP contribution >= 0.6 is 0 Å². The van der Waals surface area contributed by atoms with E-state index in [2.05, 4.69) is 26.8 Å². The lowest BCUT2D eigenvalue weighted by Crippen LogP contribution is -2.08. The molecule has 1 nitrogen and oxygen atoms in total. The first-order valence-electron chi connectivity index (χ1n) is 3.05. The Morgan fingerprint density at radius 1 is 1.44 bits per heavy atom. The Morgan fingerprint density at radius 2 is 2.11 bits per heavy atom. The van der Waals surface area contributed by atoms with Gasteiger partial charge in [-0.2, -0.15) is 0 Å². The van der Waals surface area contributed by atoms with Gasteiger partial charge in [0.15, 0.2) is 0 Å². The molecule has 49 valence electrons. The molecule has 0 bridgehead atoms. The summed E-state index contributed by atoms with van der Waals surface area (Å²) < 4.78 is 4.89. The second kappa shape index (κ2) is 1.90. The molecule has 0 saturated heterocycles. The largest absolute Gasteiger partial charge is 0.472 e. The summed E-state index contributed by atoms with van der Waals surface area (Å²) in [7, 11) is 0. The number of hydrogen-bond acceptors (Lipinski definition) is 1. The van der Waals surface area contributed by atoms with E-state index in [0.717, 1.165) is 5.56 Å². The molecule has 0 spiro atoms. The van der Waals surface area contributed by atoms with Crippen molar-refractivity contribution in [1.29, 1.82) is 0 Å². The van der Waals surface area contributed by atoms with Crippen molar-refractivity contribution in [1.82, 2.24) is 0 Å². The van der Waals surface area contributed by atoms with E-state index < -0.39 is 0 Å². The van der Waals surface area contributed by atoms with Crippen molar-refractivity contribution >= 4 is 0 Å². The molecule has 1 radical (unpaired) electrons. The van der Waals surface area contributed by atoms with Crippen LogP contribution in [0.1, 0.15) is 26.3 Å². The summed E-state index contributed by atoms with van der Waals surface area (Å²) in [5.74, 6) is 0. The number of hydrogen-bond donors (Lipinski definition) is 0. The molecule has 0 aliphatic heterocycles. The topological polar surface area (TPSA) is 13.1 Å². The second-order valence-corrected chi connectivity index (χ2v) is 3.18. The van der Waals surface area contributed by atoms with Crippen LogP contribution in [-0.4, -0.2) is 0 Å². The van der Waals surface area contributed by atoms with Crippen LogP contribution in [0.4, 0.5) is 0 Å². The Labute approximate surface area is 55.7 Å². The van der Waals surface area contributed by atoms with Crippen LogP contribution in [0, 0.1) is 6.07 Å². The lowest BCUT2D eigenvalue weighted by atomic mass is 9.89. The molecule has 0 aliphatic carbocycles. The monoisotopic (exact) mass is 123 g/mol. The predicted octanol–water partition coefficient (Wildman–Crippen LogP) is 2.38. The summed E-state index contributed by atoms with van der Waals surface area (Å²) in [6, 6.07) is 3.01. The van der Waals surface area contributed by atoms with Crippen LogP contribution in [0.25, 0.3) is 0 Å². The molecule has 1 heteroatoms. The lowest BCUT2D eigenvalue weighted by molar-refractivity contribution is 0.537. The molecule has 0 unspecified atom stereocenters. The van der Waals surface area contributed by atoms with E-state index in [1.165, 1.54) is 0 Å². The van der Waals surface area contributed by atoms with Crippen molar-refractivity contribution in [3.63, 3.8) is 0 Å². The van der Waals surface area contributed by atoms with Crippen molar-refractivity contribution in [3.05, 3.63) is 24.2 Å². The smallest absolute Gasteiger partial charge is 0.0985 e. The third kappa shape index (κ3) is 1.35. The van der Waals surface area contributed by atoms with E-state index in [4.69, 9.17) is 4.42 Å². The fourth-order valence-electron chi connectivity index (χ4n) is 0.627. The van der Waals surface area contributed by atoms with E-state index in [0.29, 0.717) is 0 Å². The first kappa shape index (κ1) is 6.40. The maximum atomic E-state index is 4.89. The summed E-state index contributed by atoms with van der Waals surface area (Å²) in [5.41, 5.74) is 1.30. The van der Waals surface area contributed by atoms with Gasteiger partial charge in [-0.3, -0.25) is 0 Å². The Bertz CT molecular complexity index is 167. The molecule has 0 fully saturated rings. The van der Waals surface area contributed by atoms with Crippen LogP contribution in [0.2, 0.25) is 0 Å². The molecule has 0 N–H and O–H groups in total. The Hall–Kier alpha value is -0.720. The molecule has 1 aromatic heterocycles. The van der Waals surface area contributed by atoms with Gasteiger partial charge in [0.2, 0.25) is 0 Å². The molecule has 1 aromatic rings. The van der Waals surface area contributed by atoms with Gasteiger partial charge in [-0.1, -0.05) is 20.8 Å². The van der Waals surface area contributed by atoms with Gasteiger partial charge in [-0.05, 0) is 5.41 Å². The zero-order valence-corrected chi connectivity index (χ0v) is 6.06. The quantitative estimate of drug-likeness (QED) is 0.516. The molecule has 0 atom stereocenters. The minimum absolute atomic E-state index is 0.174. The standard InChI is InChI=1S/C8H11O/c1-8(2,3)7-4-5-9-6-7/h5-6H,1-3H3. The maximum Gasteiger partial charge on any atom is 0.0985 e. The first-order valence-corrected chi connectivity index (χ1v) is 3.05. The van der Waals surface area contributed by atoms with E-state index in [1.54, 1.807) is 12.5 Å². The van der Waals surface area contributed by atoms with Crippen LogP contribution in [0.3, 0.4) is 0 Å². The highest BCUT2D eigenvalue weighted by Gasteiger charge is 2.13. The molecular weight excluding hydrogens is 112 g/mol. The lowest BCUT2D eigenvalue weighted by Gasteiger charge is -2.14. The SMILES string of the molecule is CC(C)(C)c1[c]coc1. The minimum Gasteiger partial charge on any atom is -0.472 e. The number of furan rings is 1. The van der Waals surface area contributed by atoms with E-state index in [9.17, 15) is 0 Å². The summed E-state index contributed by atoms with van der Waals surface area (Å²) >= 11 is 0. The highest BCUT2D eigenvalue weighted by molar-refractivity contribution is 5.14. The van der Waals surface area contributed by atoms with E-state index in [1.807, 2.05) is 0 Å². The summed E-state index contributed by atoms with van der Waals surface area (Å²) in [6.07, 6.45) is 3.32. The molecule has 0 saturated carbocycles. The molecule has 0 aliphatic rings. The van der Waals surface area contributed by atoms with Gasteiger partial charge >= 0.3 is 0 Å². The van der Waals surface area contributed by atoms with E-state index in [-0.39, 0.29) is 5.41 Å². The summed E-state index contributed by atoms with van der Waals surface area (Å²) in [5, 5.41) is 0.